The van der Waals surface area contributed by atoms with Crippen LogP contribution in [0.4, 0.5) is 0 Å². The number of ether oxygens (including phenoxy) is 1. The molecular weight excluding hydrogens is 473 g/mol. The summed E-state index contributed by atoms with van der Waals surface area (Å²) in [5.41, 5.74) is 3.24. The monoisotopic (exact) mass is 497 g/mol. The lowest BCUT2D eigenvalue weighted by Gasteiger charge is -2.10. The molecular formula is C19H24IN5OS. The van der Waals surface area contributed by atoms with Crippen LogP contribution >= 0.6 is 35.3 Å². The Morgan fingerprint density at radius 3 is 2.52 bits per heavy atom. The predicted octanol–water partition coefficient (Wildman–Crippen LogP) is 3.73. The fraction of sp³-hybridized carbons (Fsp3) is 0.263. The molecule has 0 saturated heterocycles. The molecule has 0 amide bonds. The van der Waals surface area contributed by atoms with Crippen molar-refractivity contribution in [2.24, 2.45) is 4.99 Å². The first-order valence-electron chi connectivity index (χ1n) is 8.36. The summed E-state index contributed by atoms with van der Waals surface area (Å²) in [5, 5.41) is 13.3. The van der Waals surface area contributed by atoms with E-state index in [4.69, 9.17) is 4.74 Å². The second-order valence-corrected chi connectivity index (χ2v) is 6.76. The summed E-state index contributed by atoms with van der Waals surface area (Å²) in [6.07, 6.45) is 1.95. The summed E-state index contributed by atoms with van der Waals surface area (Å²) in [7, 11) is 3.43. The number of halogens is 1. The molecule has 2 aromatic heterocycles. The molecule has 0 saturated carbocycles. The number of hydrogen-bond acceptors (Lipinski definition) is 4. The SMILES string of the molecule is CN=C(NCc1ccn(-c2ccc(OC)cc2)n1)NCc1sccc1C.I. The number of nitrogens with one attached hydrogen (secondary N) is 2. The first kappa shape index (κ1) is 21.2. The quantitative estimate of drug-likeness (QED) is 0.310. The number of benzene rings is 1. The standard InChI is InChI=1S/C19H23N5OS.HI/c1-14-9-11-26-18(14)13-22-19(20-2)21-12-15-8-10-24(23-15)16-4-6-17(25-3)7-5-16;/h4-11H,12-13H2,1-3H3,(H2,20,21,22);1H. The molecule has 0 unspecified atom stereocenters. The average molecular weight is 497 g/mol. The van der Waals surface area contributed by atoms with Crippen molar-refractivity contribution in [2.75, 3.05) is 14.2 Å². The van der Waals surface area contributed by atoms with Crippen LogP contribution in [0.15, 0.2) is 53.0 Å². The number of aromatic nitrogens is 2. The molecule has 0 spiro atoms. The Hall–Kier alpha value is -2.07. The van der Waals surface area contributed by atoms with E-state index in [2.05, 4.69) is 39.1 Å². The zero-order valence-electron chi connectivity index (χ0n) is 15.6. The topological polar surface area (TPSA) is 63.5 Å². The number of aliphatic imine (C=N–C) groups is 1. The molecule has 0 aliphatic heterocycles. The Balaban J connectivity index is 0.00000261. The Kier molecular flexibility index (Phi) is 8.11. The van der Waals surface area contributed by atoms with Crippen LogP contribution in [0.3, 0.4) is 0 Å². The lowest BCUT2D eigenvalue weighted by Crippen LogP contribution is -2.36. The molecule has 6 nitrogen and oxygen atoms in total. The predicted molar refractivity (Wildman–Crippen MR) is 122 cm³/mol. The summed E-state index contributed by atoms with van der Waals surface area (Å²) in [6, 6.07) is 11.9. The zero-order chi connectivity index (χ0) is 18.4. The molecule has 1 aromatic carbocycles. The van der Waals surface area contributed by atoms with Gasteiger partial charge in [-0.05, 0) is 54.3 Å². The number of nitrogens with zero attached hydrogens (tertiary/aromatic N) is 3. The van der Waals surface area contributed by atoms with Crippen molar-refractivity contribution in [3.63, 3.8) is 0 Å². The van der Waals surface area contributed by atoms with Gasteiger partial charge in [-0.3, -0.25) is 4.99 Å². The maximum Gasteiger partial charge on any atom is 0.191 e. The molecule has 8 heteroatoms. The molecule has 144 valence electrons. The fourth-order valence-corrected chi connectivity index (χ4v) is 3.32. The van der Waals surface area contributed by atoms with Gasteiger partial charge in [0.05, 0.1) is 31.6 Å². The van der Waals surface area contributed by atoms with Crippen LogP contribution in [0.5, 0.6) is 5.75 Å². The summed E-state index contributed by atoms with van der Waals surface area (Å²) in [6.45, 7) is 3.49. The smallest absolute Gasteiger partial charge is 0.191 e. The lowest BCUT2D eigenvalue weighted by molar-refractivity contribution is 0.414. The molecule has 3 aromatic rings. The van der Waals surface area contributed by atoms with Crippen LogP contribution in [0.25, 0.3) is 5.69 Å². The van der Waals surface area contributed by atoms with Gasteiger partial charge in [0, 0.05) is 18.1 Å². The van der Waals surface area contributed by atoms with Crippen molar-refractivity contribution in [2.45, 2.75) is 20.0 Å². The summed E-state index contributed by atoms with van der Waals surface area (Å²) in [5.74, 6) is 1.59. The normalized spacial score (nSPS) is 11.0. The molecule has 3 rings (SSSR count). The third-order valence-corrected chi connectivity index (χ3v) is 5.05. The first-order valence-corrected chi connectivity index (χ1v) is 9.24. The van der Waals surface area contributed by atoms with Gasteiger partial charge >= 0.3 is 0 Å². The molecule has 2 N–H and O–H groups in total. The van der Waals surface area contributed by atoms with Gasteiger partial charge in [0.1, 0.15) is 5.75 Å². The fourth-order valence-electron chi connectivity index (χ4n) is 2.48. The van der Waals surface area contributed by atoms with E-state index >= 15 is 0 Å². The summed E-state index contributed by atoms with van der Waals surface area (Å²) < 4.78 is 7.03. The third-order valence-electron chi connectivity index (χ3n) is 4.03. The van der Waals surface area contributed by atoms with E-state index in [1.807, 2.05) is 41.2 Å². The number of hydrogen-bond donors (Lipinski definition) is 2. The molecule has 0 aliphatic carbocycles. The minimum atomic E-state index is 0. The van der Waals surface area contributed by atoms with Gasteiger partial charge in [0.15, 0.2) is 5.96 Å². The Labute approximate surface area is 180 Å². The molecule has 0 radical (unpaired) electrons. The van der Waals surface area contributed by atoms with Gasteiger partial charge in [-0.25, -0.2) is 4.68 Å². The minimum Gasteiger partial charge on any atom is -0.497 e. The molecule has 27 heavy (non-hydrogen) atoms. The number of thiophene rings is 1. The molecule has 0 bridgehead atoms. The number of guanidine groups is 1. The highest BCUT2D eigenvalue weighted by molar-refractivity contribution is 14.0. The van der Waals surface area contributed by atoms with Gasteiger partial charge in [0.25, 0.3) is 0 Å². The van der Waals surface area contributed by atoms with Crippen molar-refractivity contribution in [3.8, 4) is 11.4 Å². The molecule has 2 heterocycles. The Bertz CT molecular complexity index is 872. The van der Waals surface area contributed by atoms with Gasteiger partial charge in [-0.2, -0.15) is 5.10 Å². The van der Waals surface area contributed by atoms with Crippen molar-refractivity contribution >= 4 is 41.3 Å². The maximum absolute atomic E-state index is 5.19. The van der Waals surface area contributed by atoms with Gasteiger partial charge in [-0.1, -0.05) is 0 Å². The van der Waals surface area contributed by atoms with E-state index in [0.717, 1.165) is 29.6 Å². The van der Waals surface area contributed by atoms with E-state index in [1.54, 1.807) is 25.5 Å². The van der Waals surface area contributed by atoms with Crippen LogP contribution < -0.4 is 15.4 Å². The average Bonchev–Trinajstić information content (AvgIpc) is 3.31. The van der Waals surface area contributed by atoms with Crippen molar-refractivity contribution in [3.05, 3.63) is 64.1 Å². The van der Waals surface area contributed by atoms with Gasteiger partial charge in [-0.15, -0.1) is 35.3 Å². The zero-order valence-corrected chi connectivity index (χ0v) is 18.7. The number of rotatable bonds is 6. The Morgan fingerprint density at radius 2 is 1.89 bits per heavy atom. The number of aryl methyl sites for hydroxylation is 1. The lowest BCUT2D eigenvalue weighted by atomic mass is 10.3. The second kappa shape index (κ2) is 10.3. The minimum absolute atomic E-state index is 0. The van der Waals surface area contributed by atoms with Crippen LogP contribution in [-0.2, 0) is 13.1 Å². The first-order chi connectivity index (χ1) is 12.7. The van der Waals surface area contributed by atoms with E-state index < -0.39 is 0 Å². The maximum atomic E-state index is 5.19. The highest BCUT2D eigenvalue weighted by atomic mass is 127. The molecule has 0 atom stereocenters. The van der Waals surface area contributed by atoms with E-state index in [9.17, 15) is 0 Å². The van der Waals surface area contributed by atoms with Crippen LogP contribution in [0.2, 0.25) is 0 Å². The van der Waals surface area contributed by atoms with Crippen LogP contribution in [0, 0.1) is 6.92 Å². The Morgan fingerprint density at radius 1 is 1.15 bits per heavy atom. The summed E-state index contributed by atoms with van der Waals surface area (Å²) >= 11 is 1.75. The van der Waals surface area contributed by atoms with Crippen molar-refractivity contribution < 1.29 is 4.74 Å². The largest absolute Gasteiger partial charge is 0.497 e. The van der Waals surface area contributed by atoms with Crippen LogP contribution in [0.1, 0.15) is 16.1 Å². The van der Waals surface area contributed by atoms with E-state index in [-0.39, 0.29) is 24.0 Å². The molecule has 0 aliphatic rings. The van der Waals surface area contributed by atoms with Crippen molar-refractivity contribution in [1.82, 2.24) is 20.4 Å². The number of methoxy groups -OCH3 is 1. The third kappa shape index (κ3) is 5.70. The van der Waals surface area contributed by atoms with E-state index in [1.165, 1.54) is 10.4 Å². The highest BCUT2D eigenvalue weighted by Gasteiger charge is 2.05. The second-order valence-electron chi connectivity index (χ2n) is 5.76. The van der Waals surface area contributed by atoms with E-state index in [0.29, 0.717) is 6.54 Å². The molecule has 0 fully saturated rings. The van der Waals surface area contributed by atoms with Gasteiger partial charge in [0.2, 0.25) is 0 Å². The van der Waals surface area contributed by atoms with Crippen molar-refractivity contribution in [1.29, 1.82) is 0 Å². The van der Waals surface area contributed by atoms with Crippen LogP contribution in [-0.4, -0.2) is 29.9 Å². The highest BCUT2D eigenvalue weighted by Crippen LogP contribution is 2.15. The van der Waals surface area contributed by atoms with Gasteiger partial charge < -0.3 is 15.4 Å². The summed E-state index contributed by atoms with van der Waals surface area (Å²) in [4.78, 5) is 5.58.